The zero-order valence-corrected chi connectivity index (χ0v) is 11.8. The molecule has 1 aromatic carbocycles. The van der Waals surface area contributed by atoms with Gasteiger partial charge in [-0.3, -0.25) is 10.1 Å². The van der Waals surface area contributed by atoms with Gasteiger partial charge in [-0.2, -0.15) is 0 Å². The van der Waals surface area contributed by atoms with Gasteiger partial charge in [0, 0.05) is 12.1 Å². The summed E-state index contributed by atoms with van der Waals surface area (Å²) in [5.74, 6) is 0.681. The molecule has 0 saturated carbocycles. The molecular formula is C15H23NO2. The fraction of sp³-hybridized carbons (Fsp3) is 0.600. The molecule has 0 heterocycles. The second-order valence-corrected chi connectivity index (χ2v) is 6.33. The van der Waals surface area contributed by atoms with E-state index in [1.807, 2.05) is 12.1 Å². The highest BCUT2D eigenvalue weighted by molar-refractivity contribution is 5.32. The second-order valence-electron chi connectivity index (χ2n) is 6.33. The molecule has 1 unspecified atom stereocenters. The van der Waals surface area contributed by atoms with E-state index in [2.05, 4.69) is 27.7 Å². The third-order valence-electron chi connectivity index (χ3n) is 3.03. The molecule has 0 aliphatic heterocycles. The van der Waals surface area contributed by atoms with Gasteiger partial charge in [-0.05, 0) is 36.2 Å². The molecule has 0 bridgehead atoms. The van der Waals surface area contributed by atoms with E-state index in [9.17, 15) is 10.1 Å². The predicted octanol–water partition coefficient (Wildman–Crippen LogP) is 4.60. The van der Waals surface area contributed by atoms with E-state index in [-0.39, 0.29) is 10.6 Å². The maximum absolute atomic E-state index is 10.5. The number of hydrogen-bond acceptors (Lipinski definition) is 2. The Labute approximate surface area is 109 Å². The number of nitrogens with zero attached hydrogens (tertiary/aromatic N) is 1. The maximum atomic E-state index is 10.5. The summed E-state index contributed by atoms with van der Waals surface area (Å²) < 4.78 is 0. The average Bonchev–Trinajstić information content (AvgIpc) is 2.24. The van der Waals surface area contributed by atoms with Crippen molar-refractivity contribution in [1.29, 1.82) is 0 Å². The van der Waals surface area contributed by atoms with Gasteiger partial charge in [0.2, 0.25) is 0 Å². The van der Waals surface area contributed by atoms with E-state index in [1.54, 1.807) is 12.1 Å². The normalized spacial score (nSPS) is 13.3. The summed E-state index contributed by atoms with van der Waals surface area (Å²) in [7, 11) is 0. The monoisotopic (exact) mass is 249 g/mol. The molecule has 0 amide bonds. The molecular weight excluding hydrogens is 226 g/mol. The molecule has 3 heteroatoms. The van der Waals surface area contributed by atoms with Gasteiger partial charge >= 0.3 is 0 Å². The Morgan fingerprint density at radius 2 is 1.78 bits per heavy atom. The Morgan fingerprint density at radius 3 is 2.22 bits per heavy atom. The summed E-state index contributed by atoms with van der Waals surface area (Å²) in [6.07, 6.45) is 3.34. The quantitative estimate of drug-likeness (QED) is 0.565. The number of aryl methyl sites for hydroxylation is 1. The van der Waals surface area contributed by atoms with Gasteiger partial charge in [-0.15, -0.1) is 0 Å². The van der Waals surface area contributed by atoms with Gasteiger partial charge in [0.1, 0.15) is 0 Å². The lowest BCUT2D eigenvalue weighted by atomic mass is 9.83. The van der Waals surface area contributed by atoms with Crippen LogP contribution in [0.25, 0.3) is 0 Å². The first-order valence-corrected chi connectivity index (χ1v) is 6.51. The van der Waals surface area contributed by atoms with Crippen LogP contribution in [-0.2, 0) is 6.42 Å². The molecule has 3 nitrogen and oxygen atoms in total. The lowest BCUT2D eigenvalue weighted by molar-refractivity contribution is -0.384. The van der Waals surface area contributed by atoms with Crippen molar-refractivity contribution in [3.8, 4) is 0 Å². The molecule has 0 aromatic heterocycles. The fourth-order valence-corrected chi connectivity index (χ4v) is 2.34. The van der Waals surface area contributed by atoms with Crippen LogP contribution in [0.3, 0.4) is 0 Å². The van der Waals surface area contributed by atoms with Gasteiger partial charge < -0.3 is 0 Å². The number of nitro groups is 1. The minimum atomic E-state index is -0.355. The van der Waals surface area contributed by atoms with Crippen molar-refractivity contribution >= 4 is 5.69 Å². The van der Waals surface area contributed by atoms with Crippen LogP contribution in [0.4, 0.5) is 5.69 Å². The largest absolute Gasteiger partial charge is 0.269 e. The first kappa shape index (κ1) is 14.7. The molecule has 0 radical (unpaired) electrons. The van der Waals surface area contributed by atoms with E-state index in [4.69, 9.17) is 0 Å². The number of nitro benzene ring substituents is 1. The lowest BCUT2D eigenvalue weighted by Crippen LogP contribution is -2.11. The first-order chi connectivity index (χ1) is 8.28. The van der Waals surface area contributed by atoms with E-state index < -0.39 is 0 Å². The van der Waals surface area contributed by atoms with E-state index in [1.165, 1.54) is 12.0 Å². The van der Waals surface area contributed by atoms with Crippen molar-refractivity contribution in [1.82, 2.24) is 0 Å². The average molecular weight is 249 g/mol. The van der Waals surface area contributed by atoms with Gasteiger partial charge in [-0.1, -0.05) is 39.8 Å². The van der Waals surface area contributed by atoms with Gasteiger partial charge in [0.25, 0.3) is 5.69 Å². The summed E-state index contributed by atoms with van der Waals surface area (Å²) in [6, 6.07) is 6.90. The van der Waals surface area contributed by atoms with Crippen LogP contribution in [0.5, 0.6) is 0 Å². The molecule has 18 heavy (non-hydrogen) atoms. The smallest absolute Gasteiger partial charge is 0.258 e. The van der Waals surface area contributed by atoms with Crippen molar-refractivity contribution in [2.75, 3.05) is 0 Å². The molecule has 0 spiro atoms. The minimum Gasteiger partial charge on any atom is -0.258 e. The Kier molecular flexibility index (Phi) is 4.88. The molecule has 1 aromatic rings. The molecule has 0 fully saturated rings. The maximum Gasteiger partial charge on any atom is 0.269 e. The van der Waals surface area contributed by atoms with Gasteiger partial charge in [0.05, 0.1) is 4.92 Å². The van der Waals surface area contributed by atoms with Crippen molar-refractivity contribution in [2.24, 2.45) is 11.3 Å². The summed E-state index contributed by atoms with van der Waals surface area (Å²) in [4.78, 5) is 10.2. The van der Waals surface area contributed by atoms with E-state index >= 15 is 0 Å². The third kappa shape index (κ3) is 5.30. The van der Waals surface area contributed by atoms with E-state index in [0.29, 0.717) is 11.3 Å². The fourth-order valence-electron chi connectivity index (χ4n) is 2.34. The van der Waals surface area contributed by atoms with Crippen molar-refractivity contribution in [3.63, 3.8) is 0 Å². The number of rotatable bonds is 5. The zero-order chi connectivity index (χ0) is 13.8. The molecule has 0 saturated heterocycles. The molecule has 0 aliphatic rings. The van der Waals surface area contributed by atoms with Crippen LogP contribution in [-0.4, -0.2) is 4.92 Å². The van der Waals surface area contributed by atoms with Crippen molar-refractivity contribution in [2.45, 2.75) is 47.0 Å². The summed E-state index contributed by atoms with van der Waals surface area (Å²) in [5.41, 5.74) is 1.72. The Balaban J connectivity index is 2.46. The Hall–Kier alpha value is -1.38. The van der Waals surface area contributed by atoms with Crippen LogP contribution < -0.4 is 0 Å². The van der Waals surface area contributed by atoms with Crippen LogP contribution in [0.2, 0.25) is 0 Å². The van der Waals surface area contributed by atoms with E-state index in [0.717, 1.165) is 12.8 Å². The van der Waals surface area contributed by atoms with Crippen LogP contribution in [0, 0.1) is 21.4 Å². The van der Waals surface area contributed by atoms with Crippen molar-refractivity contribution in [3.05, 3.63) is 39.9 Å². The third-order valence-corrected chi connectivity index (χ3v) is 3.03. The molecule has 0 N–H and O–H groups in total. The lowest BCUT2D eigenvalue weighted by Gasteiger charge is -2.23. The first-order valence-electron chi connectivity index (χ1n) is 6.51. The number of benzene rings is 1. The SMILES string of the molecule is CC(CCc1ccc([N+](=O)[O-])cc1)CC(C)(C)C. The number of hydrogen-bond donors (Lipinski definition) is 0. The Bertz CT molecular complexity index is 390. The molecule has 100 valence electrons. The molecule has 1 rings (SSSR count). The van der Waals surface area contributed by atoms with Gasteiger partial charge in [0.15, 0.2) is 0 Å². The van der Waals surface area contributed by atoms with Crippen LogP contribution in [0.1, 0.15) is 46.1 Å². The highest BCUT2D eigenvalue weighted by Crippen LogP contribution is 2.27. The molecule has 0 aliphatic carbocycles. The Morgan fingerprint density at radius 1 is 1.22 bits per heavy atom. The summed E-state index contributed by atoms with van der Waals surface area (Å²) in [6.45, 7) is 9.05. The van der Waals surface area contributed by atoms with Crippen molar-refractivity contribution < 1.29 is 4.92 Å². The zero-order valence-electron chi connectivity index (χ0n) is 11.8. The van der Waals surface area contributed by atoms with Crippen LogP contribution in [0.15, 0.2) is 24.3 Å². The minimum absolute atomic E-state index is 0.168. The number of non-ortho nitro benzene ring substituents is 1. The predicted molar refractivity (Wildman–Crippen MR) is 74.7 cm³/mol. The van der Waals surface area contributed by atoms with Crippen LogP contribution >= 0.6 is 0 Å². The highest BCUT2D eigenvalue weighted by atomic mass is 16.6. The molecule has 1 atom stereocenters. The van der Waals surface area contributed by atoms with Gasteiger partial charge in [-0.25, -0.2) is 0 Å². The highest BCUT2D eigenvalue weighted by Gasteiger charge is 2.15. The summed E-state index contributed by atoms with van der Waals surface area (Å²) >= 11 is 0. The second kappa shape index (κ2) is 5.98. The topological polar surface area (TPSA) is 43.1 Å². The standard InChI is InChI=1S/C15H23NO2/c1-12(11-15(2,3)4)5-6-13-7-9-14(10-8-13)16(17)18/h7-10,12H,5-6,11H2,1-4H3. The summed E-state index contributed by atoms with van der Waals surface area (Å²) in [5, 5.41) is 10.5.